The number of ether oxygens (including phenoxy) is 1. The molecule has 0 saturated heterocycles. The summed E-state index contributed by atoms with van der Waals surface area (Å²) >= 11 is 1.39. The molecule has 140 valence electrons. The van der Waals surface area contributed by atoms with Gasteiger partial charge in [0.1, 0.15) is 5.25 Å². The molecular formula is C20H22N4O2S. The number of nitrogens with zero attached hydrogens (tertiary/aromatic N) is 4. The first-order valence-electron chi connectivity index (χ1n) is 8.99. The lowest BCUT2D eigenvalue weighted by Gasteiger charge is -2.15. The van der Waals surface area contributed by atoms with Gasteiger partial charge in [-0.05, 0) is 37.6 Å². The third kappa shape index (κ3) is 4.54. The second-order valence-corrected chi connectivity index (χ2v) is 7.04. The highest BCUT2D eigenvalue weighted by Gasteiger charge is 2.25. The van der Waals surface area contributed by atoms with Crippen LogP contribution in [-0.2, 0) is 9.53 Å². The molecule has 1 aromatic carbocycles. The lowest BCUT2D eigenvalue weighted by atomic mass is 10.2. The largest absolute Gasteiger partial charge is 0.465 e. The Labute approximate surface area is 163 Å². The molecule has 0 bridgehead atoms. The van der Waals surface area contributed by atoms with Gasteiger partial charge in [0.05, 0.1) is 6.61 Å². The summed E-state index contributed by atoms with van der Waals surface area (Å²) in [6, 6.07) is 13.7. The van der Waals surface area contributed by atoms with Gasteiger partial charge in [0.15, 0.2) is 11.0 Å². The van der Waals surface area contributed by atoms with Crippen molar-refractivity contribution in [3.05, 3.63) is 54.9 Å². The summed E-state index contributed by atoms with van der Waals surface area (Å²) in [5.41, 5.74) is 1.80. The zero-order chi connectivity index (χ0) is 19.1. The minimum atomic E-state index is -0.316. The van der Waals surface area contributed by atoms with Crippen LogP contribution in [0, 0.1) is 0 Å². The first-order chi connectivity index (χ1) is 13.2. The number of pyridine rings is 1. The second kappa shape index (κ2) is 9.32. The van der Waals surface area contributed by atoms with E-state index in [1.807, 2.05) is 54.0 Å². The summed E-state index contributed by atoms with van der Waals surface area (Å²) in [7, 11) is 0. The number of benzene rings is 1. The normalized spacial score (nSPS) is 11.9. The number of thioether (sulfide) groups is 1. The Kier molecular flexibility index (Phi) is 6.59. The minimum absolute atomic E-state index is 0.213. The molecular weight excluding hydrogens is 360 g/mol. The average molecular weight is 382 g/mol. The summed E-state index contributed by atoms with van der Waals surface area (Å²) in [6.45, 7) is 4.24. The van der Waals surface area contributed by atoms with E-state index >= 15 is 0 Å². The van der Waals surface area contributed by atoms with Gasteiger partial charge in [-0.25, -0.2) is 0 Å². The number of esters is 1. The van der Waals surface area contributed by atoms with Crippen molar-refractivity contribution in [3.8, 4) is 17.1 Å². The van der Waals surface area contributed by atoms with Crippen molar-refractivity contribution in [3.63, 3.8) is 0 Å². The molecule has 2 aromatic heterocycles. The van der Waals surface area contributed by atoms with Gasteiger partial charge >= 0.3 is 5.97 Å². The van der Waals surface area contributed by atoms with Crippen LogP contribution in [-0.4, -0.2) is 37.6 Å². The summed E-state index contributed by atoms with van der Waals surface area (Å²) in [6.07, 6.45) is 5.08. The van der Waals surface area contributed by atoms with E-state index in [0.717, 1.165) is 17.7 Å². The van der Waals surface area contributed by atoms with Crippen molar-refractivity contribution in [1.82, 2.24) is 19.7 Å². The van der Waals surface area contributed by atoms with E-state index in [2.05, 4.69) is 22.1 Å². The number of carbonyl (C=O) groups is 1. The predicted octanol–water partition coefficient (Wildman–Crippen LogP) is 4.15. The topological polar surface area (TPSA) is 69.9 Å². The van der Waals surface area contributed by atoms with Crippen LogP contribution < -0.4 is 0 Å². The quantitative estimate of drug-likeness (QED) is 0.430. The molecule has 7 heteroatoms. The highest BCUT2D eigenvalue weighted by atomic mass is 32.2. The third-order valence-electron chi connectivity index (χ3n) is 3.92. The molecule has 27 heavy (non-hydrogen) atoms. The third-order valence-corrected chi connectivity index (χ3v) is 5.10. The van der Waals surface area contributed by atoms with E-state index in [-0.39, 0.29) is 11.2 Å². The van der Waals surface area contributed by atoms with Crippen LogP contribution >= 0.6 is 11.8 Å². The molecule has 6 nitrogen and oxygen atoms in total. The monoisotopic (exact) mass is 382 g/mol. The maximum absolute atomic E-state index is 12.4. The van der Waals surface area contributed by atoms with Crippen molar-refractivity contribution in [2.24, 2.45) is 0 Å². The zero-order valence-corrected chi connectivity index (χ0v) is 16.2. The molecule has 0 radical (unpaired) electrons. The minimum Gasteiger partial charge on any atom is -0.465 e. The number of rotatable bonds is 8. The van der Waals surface area contributed by atoms with E-state index in [4.69, 9.17) is 4.74 Å². The highest BCUT2D eigenvalue weighted by molar-refractivity contribution is 8.00. The maximum Gasteiger partial charge on any atom is 0.319 e. The molecule has 2 heterocycles. The lowest BCUT2D eigenvalue weighted by molar-refractivity contribution is -0.142. The average Bonchev–Trinajstić information content (AvgIpc) is 3.13. The smallest absolute Gasteiger partial charge is 0.319 e. The fraction of sp³-hybridized carbons (Fsp3) is 0.300. The SMILES string of the molecule is CCCC(Sc1nnc(-c2cccnc2)n1-c1ccccc1)C(=O)OCC. The van der Waals surface area contributed by atoms with Crippen molar-refractivity contribution in [2.45, 2.75) is 37.1 Å². The van der Waals surface area contributed by atoms with Gasteiger partial charge in [0.2, 0.25) is 0 Å². The number of aromatic nitrogens is 4. The molecule has 0 amide bonds. The van der Waals surface area contributed by atoms with Gasteiger partial charge in [-0.2, -0.15) is 0 Å². The van der Waals surface area contributed by atoms with Crippen LogP contribution in [0.1, 0.15) is 26.7 Å². The lowest BCUT2D eigenvalue weighted by Crippen LogP contribution is -2.20. The molecule has 1 atom stereocenters. The van der Waals surface area contributed by atoms with Crippen LogP contribution in [0.4, 0.5) is 0 Å². The van der Waals surface area contributed by atoms with E-state index in [1.54, 1.807) is 12.4 Å². The van der Waals surface area contributed by atoms with Crippen molar-refractivity contribution in [2.75, 3.05) is 6.61 Å². The van der Waals surface area contributed by atoms with Gasteiger partial charge in [0, 0.05) is 23.6 Å². The van der Waals surface area contributed by atoms with Gasteiger partial charge in [-0.1, -0.05) is 43.3 Å². The second-order valence-electron chi connectivity index (χ2n) is 5.87. The zero-order valence-electron chi connectivity index (χ0n) is 15.4. The molecule has 0 aliphatic carbocycles. The Hall–Kier alpha value is -2.67. The van der Waals surface area contributed by atoms with Crippen molar-refractivity contribution < 1.29 is 9.53 Å². The van der Waals surface area contributed by atoms with E-state index < -0.39 is 0 Å². The Morgan fingerprint density at radius 2 is 1.96 bits per heavy atom. The molecule has 1 unspecified atom stereocenters. The van der Waals surface area contributed by atoms with E-state index in [0.29, 0.717) is 24.0 Å². The van der Waals surface area contributed by atoms with Crippen LogP contribution in [0.5, 0.6) is 0 Å². The van der Waals surface area contributed by atoms with E-state index in [9.17, 15) is 4.79 Å². The predicted molar refractivity (Wildman–Crippen MR) is 106 cm³/mol. The Morgan fingerprint density at radius 3 is 2.63 bits per heavy atom. The Balaban J connectivity index is 2.02. The Morgan fingerprint density at radius 1 is 1.15 bits per heavy atom. The van der Waals surface area contributed by atoms with Crippen LogP contribution in [0.25, 0.3) is 17.1 Å². The number of carbonyl (C=O) groups excluding carboxylic acids is 1. The molecule has 0 aliphatic heterocycles. The first-order valence-corrected chi connectivity index (χ1v) is 9.87. The molecule has 3 aromatic rings. The van der Waals surface area contributed by atoms with E-state index in [1.165, 1.54) is 11.8 Å². The Bertz CT molecular complexity index is 868. The molecule has 3 rings (SSSR count). The molecule has 0 N–H and O–H groups in total. The van der Waals surface area contributed by atoms with Crippen molar-refractivity contribution >= 4 is 17.7 Å². The van der Waals surface area contributed by atoms with Crippen LogP contribution in [0.2, 0.25) is 0 Å². The van der Waals surface area contributed by atoms with Gasteiger partial charge in [-0.3, -0.25) is 14.3 Å². The number of para-hydroxylation sites is 1. The molecule has 0 saturated carbocycles. The summed E-state index contributed by atoms with van der Waals surface area (Å²) in [5.74, 6) is 0.478. The van der Waals surface area contributed by atoms with Gasteiger partial charge in [0.25, 0.3) is 0 Å². The summed E-state index contributed by atoms with van der Waals surface area (Å²) in [5, 5.41) is 9.10. The van der Waals surface area contributed by atoms with Crippen molar-refractivity contribution in [1.29, 1.82) is 0 Å². The highest BCUT2D eigenvalue weighted by Crippen LogP contribution is 2.31. The standard InChI is InChI=1S/C20H22N4O2S/c1-3-9-17(19(25)26-4-2)27-20-23-22-18(15-10-8-13-21-14-15)24(20)16-11-6-5-7-12-16/h5-8,10-14,17H,3-4,9H2,1-2H3. The molecule has 0 spiro atoms. The summed E-state index contributed by atoms with van der Waals surface area (Å²) < 4.78 is 7.20. The molecule has 0 aliphatic rings. The maximum atomic E-state index is 12.4. The summed E-state index contributed by atoms with van der Waals surface area (Å²) in [4.78, 5) is 16.5. The van der Waals surface area contributed by atoms with Gasteiger partial charge in [-0.15, -0.1) is 10.2 Å². The first kappa shape index (κ1) is 19.1. The number of hydrogen-bond acceptors (Lipinski definition) is 6. The van der Waals surface area contributed by atoms with Crippen LogP contribution in [0.3, 0.4) is 0 Å². The fourth-order valence-corrected chi connectivity index (χ4v) is 3.85. The van der Waals surface area contributed by atoms with Gasteiger partial charge < -0.3 is 4.74 Å². The van der Waals surface area contributed by atoms with Crippen LogP contribution in [0.15, 0.2) is 60.0 Å². The number of hydrogen-bond donors (Lipinski definition) is 0. The fourth-order valence-electron chi connectivity index (χ4n) is 2.69. The molecule has 0 fully saturated rings.